The van der Waals surface area contributed by atoms with Gasteiger partial charge in [0.05, 0.1) is 41.2 Å². The number of hydrogen-bond donors (Lipinski definition) is 2. The lowest BCUT2D eigenvalue weighted by molar-refractivity contribution is 0.100. The minimum atomic E-state index is -3.65. The van der Waals surface area contributed by atoms with E-state index in [2.05, 4.69) is 4.99 Å². The normalized spacial score (nSPS) is 13.0. The highest BCUT2D eigenvalue weighted by Crippen LogP contribution is 2.27. The minimum absolute atomic E-state index is 0.0612. The zero-order valence-corrected chi connectivity index (χ0v) is 27.5. The standard InChI is InChI=1S/C13H19N3O4S2.C12H15ClO4S2/c1-4-5-21(18)10-6-8(2)9(12(17)16-13(14)15)7-11(10)22(3,19)20;1-4-5-18(15)10-6-8(2)9(12(13)14)7-11(10)19(3,16)17/h6-7H,4-5H2,1-3H3,(H4,14,15,16,17);6-7H,4-5H2,1-3H3. The Bertz CT molecular complexity index is 1630. The SMILES string of the molecule is CCCS(=O)c1cc(C)c(C(=O)Cl)cc1S(C)(=O)=O.CCCS(=O)c1cc(C)c(C(=O)N=C(N)N)cc1S(C)(=O)=O. The van der Waals surface area contributed by atoms with E-state index < -0.39 is 58.4 Å². The molecule has 0 aliphatic rings. The van der Waals surface area contributed by atoms with Crippen LogP contribution in [-0.2, 0) is 41.3 Å². The summed E-state index contributed by atoms with van der Waals surface area (Å²) in [5.41, 5.74) is 11.5. The molecule has 228 valence electrons. The number of carbonyl (C=O) groups excluding carboxylic acids is 2. The number of rotatable bonds is 10. The predicted octanol–water partition coefficient (Wildman–Crippen LogP) is 2.62. The molecule has 2 aromatic rings. The van der Waals surface area contributed by atoms with Crippen LogP contribution < -0.4 is 11.5 Å². The Hall–Kier alpha value is -2.46. The molecular weight excluding hydrogens is 634 g/mol. The molecule has 0 bridgehead atoms. The third-order valence-electron chi connectivity index (χ3n) is 5.32. The molecule has 2 rings (SSSR count). The van der Waals surface area contributed by atoms with Gasteiger partial charge in [0, 0.05) is 35.1 Å². The third kappa shape index (κ3) is 10.4. The van der Waals surface area contributed by atoms with Crippen molar-refractivity contribution in [3.05, 3.63) is 46.5 Å². The van der Waals surface area contributed by atoms with Gasteiger partial charge in [0.2, 0.25) is 0 Å². The lowest BCUT2D eigenvalue weighted by Crippen LogP contribution is -2.24. The molecule has 4 N–H and O–H groups in total. The van der Waals surface area contributed by atoms with Crippen LogP contribution in [0.4, 0.5) is 0 Å². The van der Waals surface area contributed by atoms with Gasteiger partial charge in [0.1, 0.15) is 0 Å². The number of benzene rings is 2. The van der Waals surface area contributed by atoms with E-state index >= 15 is 0 Å². The van der Waals surface area contributed by atoms with Crippen LogP contribution >= 0.6 is 11.6 Å². The topological polar surface area (TPSA) is 201 Å². The average Bonchev–Trinajstić information content (AvgIpc) is 2.82. The van der Waals surface area contributed by atoms with E-state index in [0.29, 0.717) is 35.5 Å². The van der Waals surface area contributed by atoms with Gasteiger partial charge in [-0.3, -0.25) is 18.0 Å². The molecule has 1 amide bonds. The molecule has 0 spiro atoms. The first-order valence-corrected chi connectivity index (χ1v) is 18.9. The first-order valence-electron chi connectivity index (χ1n) is 12.1. The Kier molecular flexibility index (Phi) is 13.5. The van der Waals surface area contributed by atoms with Crippen molar-refractivity contribution in [2.45, 2.75) is 60.1 Å². The van der Waals surface area contributed by atoms with Crippen molar-refractivity contribution in [1.82, 2.24) is 0 Å². The van der Waals surface area contributed by atoms with Gasteiger partial charge in [-0.2, -0.15) is 4.99 Å². The second-order valence-electron chi connectivity index (χ2n) is 8.99. The number of amides is 1. The highest BCUT2D eigenvalue weighted by atomic mass is 35.5. The van der Waals surface area contributed by atoms with Crippen molar-refractivity contribution >= 4 is 70.0 Å². The Morgan fingerprint density at radius 1 is 0.780 bits per heavy atom. The maximum Gasteiger partial charge on any atom is 0.280 e. The fourth-order valence-electron chi connectivity index (χ4n) is 3.47. The minimum Gasteiger partial charge on any atom is -0.370 e. The summed E-state index contributed by atoms with van der Waals surface area (Å²) in [7, 11) is -10.1. The molecule has 11 nitrogen and oxygen atoms in total. The van der Waals surface area contributed by atoms with E-state index in [1.165, 1.54) is 24.3 Å². The molecule has 2 aromatic carbocycles. The number of aliphatic imine (C=N–C) groups is 1. The van der Waals surface area contributed by atoms with E-state index in [-0.39, 0.29) is 30.7 Å². The van der Waals surface area contributed by atoms with Gasteiger partial charge < -0.3 is 11.5 Å². The number of hydrogen-bond acceptors (Lipinski definition) is 8. The number of halogens is 1. The molecule has 2 unspecified atom stereocenters. The maximum atomic E-state index is 12.2. The predicted molar refractivity (Wildman–Crippen MR) is 162 cm³/mol. The Labute approximate surface area is 250 Å². The van der Waals surface area contributed by atoms with Crippen LogP contribution in [0.2, 0.25) is 0 Å². The zero-order valence-electron chi connectivity index (χ0n) is 23.5. The van der Waals surface area contributed by atoms with Crippen molar-refractivity contribution in [2.24, 2.45) is 16.5 Å². The molecule has 0 saturated heterocycles. The van der Waals surface area contributed by atoms with Gasteiger partial charge in [-0.15, -0.1) is 0 Å². The summed E-state index contributed by atoms with van der Waals surface area (Å²) in [5.74, 6) is -0.446. The van der Waals surface area contributed by atoms with Crippen molar-refractivity contribution in [3.63, 3.8) is 0 Å². The Morgan fingerprint density at radius 3 is 1.46 bits per heavy atom. The van der Waals surface area contributed by atoms with Crippen molar-refractivity contribution in [2.75, 3.05) is 24.0 Å². The Balaban J connectivity index is 0.000000414. The number of aryl methyl sites for hydroxylation is 2. The van der Waals surface area contributed by atoms with Crippen molar-refractivity contribution in [1.29, 1.82) is 0 Å². The summed E-state index contributed by atoms with van der Waals surface area (Å²) >= 11 is 5.41. The van der Waals surface area contributed by atoms with Crippen LogP contribution in [0.1, 0.15) is 58.5 Å². The summed E-state index contributed by atoms with van der Waals surface area (Å²) in [6.07, 6.45) is 3.33. The lowest BCUT2D eigenvalue weighted by Gasteiger charge is -2.11. The van der Waals surface area contributed by atoms with Crippen LogP contribution in [0.15, 0.2) is 48.8 Å². The second kappa shape index (κ2) is 15.1. The zero-order chi connectivity index (χ0) is 31.9. The Morgan fingerprint density at radius 2 is 1.15 bits per heavy atom. The van der Waals surface area contributed by atoms with Crippen LogP contribution in [0, 0.1) is 13.8 Å². The fourth-order valence-corrected chi connectivity index (χ4v) is 9.02. The van der Waals surface area contributed by atoms with Crippen molar-refractivity contribution < 1.29 is 34.8 Å². The second-order valence-corrected chi connectivity index (χ2v) is 16.4. The van der Waals surface area contributed by atoms with E-state index in [9.17, 15) is 34.8 Å². The third-order valence-corrected chi connectivity index (χ3v) is 11.3. The number of nitrogens with zero attached hydrogens (tertiary/aromatic N) is 1. The van der Waals surface area contributed by atoms with Gasteiger partial charge in [-0.1, -0.05) is 13.8 Å². The van der Waals surface area contributed by atoms with E-state index in [1.54, 1.807) is 13.8 Å². The molecule has 0 heterocycles. The monoisotopic (exact) mass is 667 g/mol. The summed E-state index contributed by atoms with van der Waals surface area (Å²) in [6, 6.07) is 5.31. The largest absolute Gasteiger partial charge is 0.370 e. The molecule has 0 aliphatic heterocycles. The number of sulfone groups is 2. The molecule has 16 heteroatoms. The lowest BCUT2D eigenvalue weighted by atomic mass is 10.1. The first-order chi connectivity index (χ1) is 18.8. The number of guanidine groups is 1. The molecule has 41 heavy (non-hydrogen) atoms. The molecule has 0 radical (unpaired) electrons. The molecule has 0 aliphatic carbocycles. The fraction of sp³-hybridized carbons (Fsp3) is 0.400. The first kappa shape index (κ1) is 36.6. The molecular formula is C25H34ClN3O8S4. The highest BCUT2D eigenvalue weighted by molar-refractivity contribution is 7.92. The van der Waals surface area contributed by atoms with Crippen LogP contribution in [0.3, 0.4) is 0 Å². The average molecular weight is 668 g/mol. The quantitative estimate of drug-likeness (QED) is 0.215. The van der Waals surface area contributed by atoms with Crippen LogP contribution in [0.25, 0.3) is 0 Å². The van der Waals surface area contributed by atoms with Crippen molar-refractivity contribution in [3.8, 4) is 0 Å². The van der Waals surface area contributed by atoms with Gasteiger partial charge in [0.25, 0.3) is 11.1 Å². The number of nitrogens with two attached hydrogens (primary N) is 2. The summed E-state index contributed by atoms with van der Waals surface area (Å²) in [4.78, 5) is 26.8. The summed E-state index contributed by atoms with van der Waals surface area (Å²) in [5, 5.41) is -0.727. The molecule has 0 saturated carbocycles. The van der Waals surface area contributed by atoms with Gasteiger partial charge in [0.15, 0.2) is 25.6 Å². The summed E-state index contributed by atoms with van der Waals surface area (Å²) in [6.45, 7) is 6.95. The van der Waals surface area contributed by atoms with Gasteiger partial charge in [-0.05, 0) is 73.7 Å². The highest BCUT2D eigenvalue weighted by Gasteiger charge is 2.23. The summed E-state index contributed by atoms with van der Waals surface area (Å²) < 4.78 is 71.7. The van der Waals surface area contributed by atoms with E-state index in [1.807, 2.05) is 13.8 Å². The van der Waals surface area contributed by atoms with Crippen LogP contribution in [0.5, 0.6) is 0 Å². The van der Waals surface area contributed by atoms with E-state index in [4.69, 9.17) is 23.1 Å². The number of carbonyl (C=O) groups is 2. The maximum absolute atomic E-state index is 12.2. The molecule has 0 aromatic heterocycles. The smallest absolute Gasteiger partial charge is 0.280 e. The molecule has 2 atom stereocenters. The van der Waals surface area contributed by atoms with Crippen LogP contribution in [-0.4, -0.2) is 66.4 Å². The van der Waals surface area contributed by atoms with Gasteiger partial charge >= 0.3 is 0 Å². The van der Waals surface area contributed by atoms with Gasteiger partial charge in [-0.25, -0.2) is 16.8 Å². The molecule has 0 fully saturated rings. The van der Waals surface area contributed by atoms with E-state index in [0.717, 1.165) is 12.5 Å².